The van der Waals surface area contributed by atoms with Crippen molar-refractivity contribution in [3.8, 4) is 11.5 Å². The summed E-state index contributed by atoms with van der Waals surface area (Å²) in [5.41, 5.74) is 1.37. The summed E-state index contributed by atoms with van der Waals surface area (Å²) in [6, 6.07) is 13.5. The van der Waals surface area contributed by atoms with E-state index in [9.17, 15) is 14.7 Å². The molecular weight excluding hydrogens is 396 g/mol. The first-order valence-corrected chi connectivity index (χ1v) is 9.76. The van der Waals surface area contributed by atoms with Crippen molar-refractivity contribution >= 4 is 51.9 Å². The molecule has 1 aliphatic rings. The molecule has 28 heavy (non-hydrogen) atoms. The molecule has 0 atom stereocenters. The molecular formula is C20H18N2O4S2. The van der Waals surface area contributed by atoms with Gasteiger partial charge in [0.1, 0.15) is 22.4 Å². The Morgan fingerprint density at radius 3 is 2.54 bits per heavy atom. The number of carbonyl (C=O) groups is 2. The lowest BCUT2D eigenvalue weighted by Crippen LogP contribution is -2.36. The number of hydrogen-bond acceptors (Lipinski definition) is 6. The number of thioether (sulfide) groups is 1. The molecule has 0 bridgehead atoms. The van der Waals surface area contributed by atoms with Crippen molar-refractivity contribution in [2.24, 2.45) is 0 Å². The van der Waals surface area contributed by atoms with Gasteiger partial charge >= 0.3 is 0 Å². The van der Waals surface area contributed by atoms with Crippen LogP contribution in [0.2, 0.25) is 0 Å². The van der Waals surface area contributed by atoms with Gasteiger partial charge in [-0.2, -0.15) is 0 Å². The van der Waals surface area contributed by atoms with E-state index in [-0.39, 0.29) is 24.1 Å². The normalized spacial score (nSPS) is 15.2. The van der Waals surface area contributed by atoms with Gasteiger partial charge in [0, 0.05) is 5.69 Å². The second-order valence-electron chi connectivity index (χ2n) is 5.86. The molecule has 1 saturated heterocycles. The van der Waals surface area contributed by atoms with Gasteiger partial charge in [0.05, 0.1) is 11.5 Å². The minimum absolute atomic E-state index is 0.106. The molecule has 144 valence electrons. The van der Waals surface area contributed by atoms with Gasteiger partial charge in [0.25, 0.3) is 5.91 Å². The first-order valence-electron chi connectivity index (χ1n) is 8.53. The Kier molecular flexibility index (Phi) is 6.33. The Hall–Kier alpha value is -2.84. The number of thiocarbonyl (C=S) groups is 1. The first-order chi connectivity index (χ1) is 13.5. The number of nitrogens with zero attached hydrogens (tertiary/aromatic N) is 1. The molecule has 1 fully saturated rings. The number of anilines is 1. The van der Waals surface area contributed by atoms with Gasteiger partial charge in [0.2, 0.25) is 5.91 Å². The van der Waals surface area contributed by atoms with Crippen LogP contribution in [0.4, 0.5) is 5.69 Å². The van der Waals surface area contributed by atoms with Gasteiger partial charge in [-0.3, -0.25) is 14.5 Å². The maximum absolute atomic E-state index is 12.6. The van der Waals surface area contributed by atoms with Crippen LogP contribution in [-0.4, -0.2) is 39.3 Å². The zero-order valence-electron chi connectivity index (χ0n) is 15.0. The number of benzene rings is 2. The topological polar surface area (TPSA) is 78.9 Å². The lowest BCUT2D eigenvalue weighted by atomic mass is 10.2. The smallest absolute Gasteiger partial charge is 0.266 e. The van der Waals surface area contributed by atoms with Crippen molar-refractivity contribution in [1.82, 2.24) is 4.90 Å². The largest absolute Gasteiger partial charge is 0.508 e. The maximum atomic E-state index is 12.6. The van der Waals surface area contributed by atoms with E-state index in [0.717, 1.165) is 11.3 Å². The van der Waals surface area contributed by atoms with Crippen LogP contribution >= 0.6 is 24.0 Å². The standard InChI is InChI=1S/C20H18N2O4S2/c1-2-26-16-9-3-13(4-10-16)11-17-19(25)22(20(27)28-17)12-18(24)21-14-5-7-15(23)8-6-14/h3-11,23H,2,12H2,1H3,(H,21,24). The average Bonchev–Trinajstić information content (AvgIpc) is 2.93. The van der Waals surface area contributed by atoms with Crippen LogP contribution < -0.4 is 10.1 Å². The Labute approximate surface area is 172 Å². The van der Waals surface area contributed by atoms with Crippen LogP contribution in [0.1, 0.15) is 12.5 Å². The van der Waals surface area contributed by atoms with Crippen molar-refractivity contribution in [1.29, 1.82) is 0 Å². The number of amides is 2. The summed E-state index contributed by atoms with van der Waals surface area (Å²) in [7, 11) is 0. The number of carbonyl (C=O) groups excluding carboxylic acids is 2. The molecule has 3 rings (SSSR count). The van der Waals surface area contributed by atoms with E-state index in [1.54, 1.807) is 18.2 Å². The van der Waals surface area contributed by atoms with Crippen molar-refractivity contribution in [2.75, 3.05) is 18.5 Å². The summed E-state index contributed by atoms with van der Waals surface area (Å²) in [5, 5.41) is 12.0. The molecule has 6 nitrogen and oxygen atoms in total. The monoisotopic (exact) mass is 414 g/mol. The van der Waals surface area contributed by atoms with Crippen molar-refractivity contribution in [2.45, 2.75) is 6.92 Å². The van der Waals surface area contributed by atoms with Gasteiger partial charge in [0.15, 0.2) is 0 Å². The van der Waals surface area contributed by atoms with Crippen LogP contribution in [0.25, 0.3) is 6.08 Å². The summed E-state index contributed by atoms with van der Waals surface area (Å²) in [5.74, 6) is 0.196. The number of nitrogens with one attached hydrogen (secondary N) is 1. The van der Waals surface area contributed by atoms with Crippen LogP contribution in [0.15, 0.2) is 53.4 Å². The SMILES string of the molecule is CCOc1ccc(C=C2SC(=S)N(CC(=O)Nc3ccc(O)cc3)C2=O)cc1. The van der Waals surface area contributed by atoms with Crippen LogP contribution in [0.5, 0.6) is 11.5 Å². The highest BCUT2D eigenvalue weighted by Gasteiger charge is 2.33. The van der Waals surface area contributed by atoms with Crippen LogP contribution in [0, 0.1) is 0 Å². The number of aromatic hydroxyl groups is 1. The third-order valence-electron chi connectivity index (χ3n) is 3.82. The predicted molar refractivity (Wildman–Crippen MR) is 114 cm³/mol. The molecule has 0 spiro atoms. The zero-order chi connectivity index (χ0) is 20.1. The Morgan fingerprint density at radius 1 is 1.21 bits per heavy atom. The lowest BCUT2D eigenvalue weighted by Gasteiger charge is -2.14. The summed E-state index contributed by atoms with van der Waals surface area (Å²) < 4.78 is 5.74. The van der Waals surface area contributed by atoms with Gasteiger partial charge in [-0.1, -0.05) is 36.1 Å². The highest BCUT2D eigenvalue weighted by atomic mass is 32.2. The number of hydrogen-bond donors (Lipinski definition) is 2. The highest BCUT2D eigenvalue weighted by Crippen LogP contribution is 2.32. The predicted octanol–water partition coefficient (Wildman–Crippen LogP) is 3.63. The molecule has 2 aromatic rings. The van der Waals surface area contributed by atoms with Gasteiger partial charge in [-0.15, -0.1) is 0 Å². The molecule has 0 aliphatic carbocycles. The average molecular weight is 415 g/mol. The van der Waals surface area contributed by atoms with E-state index in [1.165, 1.54) is 28.8 Å². The maximum Gasteiger partial charge on any atom is 0.266 e. The minimum atomic E-state index is -0.371. The molecule has 8 heteroatoms. The van der Waals surface area contributed by atoms with Crippen LogP contribution in [-0.2, 0) is 9.59 Å². The number of rotatable bonds is 6. The fourth-order valence-corrected chi connectivity index (χ4v) is 3.76. The molecule has 2 amide bonds. The van der Waals surface area contributed by atoms with E-state index >= 15 is 0 Å². The van der Waals surface area contributed by atoms with Gasteiger partial charge < -0.3 is 15.2 Å². The Balaban J connectivity index is 1.65. The minimum Gasteiger partial charge on any atom is -0.508 e. The summed E-state index contributed by atoms with van der Waals surface area (Å²) >= 11 is 6.43. The summed E-state index contributed by atoms with van der Waals surface area (Å²) in [6.45, 7) is 2.33. The van der Waals surface area contributed by atoms with E-state index in [1.807, 2.05) is 31.2 Å². The van der Waals surface area contributed by atoms with E-state index < -0.39 is 0 Å². The number of phenols is 1. The van der Waals surface area contributed by atoms with E-state index in [4.69, 9.17) is 17.0 Å². The summed E-state index contributed by atoms with van der Waals surface area (Å²) in [4.78, 5) is 26.6. The molecule has 1 heterocycles. The second-order valence-corrected chi connectivity index (χ2v) is 7.54. The van der Waals surface area contributed by atoms with Crippen LogP contribution in [0.3, 0.4) is 0 Å². The Bertz CT molecular complexity index is 924. The van der Waals surface area contributed by atoms with Gasteiger partial charge in [-0.25, -0.2) is 0 Å². The first kappa shape index (κ1) is 19.9. The number of ether oxygens (including phenoxy) is 1. The molecule has 0 unspecified atom stereocenters. The highest BCUT2D eigenvalue weighted by molar-refractivity contribution is 8.26. The summed E-state index contributed by atoms with van der Waals surface area (Å²) in [6.07, 6.45) is 1.74. The van der Waals surface area contributed by atoms with Gasteiger partial charge in [-0.05, 0) is 55.0 Å². The molecule has 1 aliphatic heterocycles. The molecule has 0 aromatic heterocycles. The lowest BCUT2D eigenvalue weighted by molar-refractivity contribution is -0.126. The molecule has 0 radical (unpaired) electrons. The van der Waals surface area contributed by atoms with Crippen molar-refractivity contribution in [3.63, 3.8) is 0 Å². The van der Waals surface area contributed by atoms with Crippen molar-refractivity contribution in [3.05, 3.63) is 59.0 Å². The molecule has 2 aromatic carbocycles. The fourth-order valence-electron chi connectivity index (χ4n) is 2.50. The third-order valence-corrected chi connectivity index (χ3v) is 5.19. The Morgan fingerprint density at radius 2 is 1.89 bits per heavy atom. The number of phenolic OH excluding ortho intramolecular Hbond substituents is 1. The zero-order valence-corrected chi connectivity index (χ0v) is 16.7. The third kappa shape index (κ3) is 4.90. The van der Waals surface area contributed by atoms with E-state index in [2.05, 4.69) is 5.32 Å². The van der Waals surface area contributed by atoms with E-state index in [0.29, 0.717) is 21.5 Å². The van der Waals surface area contributed by atoms with Crippen molar-refractivity contribution < 1.29 is 19.4 Å². The quantitative estimate of drug-likeness (QED) is 0.427. The molecule has 0 saturated carbocycles. The second kappa shape index (κ2) is 8.90. The molecule has 2 N–H and O–H groups in total. The fraction of sp³-hybridized carbons (Fsp3) is 0.150.